The minimum absolute atomic E-state index is 0.0964. The number of aliphatic hydroxyl groups excluding tert-OH is 2. The standard InChI is InChI=1S/C27H49NO3/c1-3-5-7-9-10-11-12-13-14-15-16-17-19-20-22-26(30)25(24-29)28-27(31)23-21-18-8-6-4-2/h11-12,15-16,20,22,25-26,29-30H,3-10,13-14,17-19,21,23-24H2,1-2H3,(H,28,31)/b12-11+,16-15+,22-20+. The third-order valence-corrected chi connectivity index (χ3v) is 5.35. The van der Waals surface area contributed by atoms with Crippen LogP contribution < -0.4 is 5.32 Å². The Hall–Kier alpha value is -1.39. The molecule has 0 bridgehead atoms. The highest BCUT2D eigenvalue weighted by Gasteiger charge is 2.17. The normalized spacial score (nSPS) is 14.1. The van der Waals surface area contributed by atoms with Gasteiger partial charge in [0.05, 0.1) is 18.8 Å². The van der Waals surface area contributed by atoms with Gasteiger partial charge in [-0.05, 0) is 44.9 Å². The molecule has 0 rings (SSSR count). The molecule has 0 saturated heterocycles. The van der Waals surface area contributed by atoms with Gasteiger partial charge < -0.3 is 15.5 Å². The highest BCUT2D eigenvalue weighted by atomic mass is 16.3. The van der Waals surface area contributed by atoms with Gasteiger partial charge in [-0.1, -0.05) is 95.2 Å². The van der Waals surface area contributed by atoms with E-state index < -0.39 is 12.1 Å². The van der Waals surface area contributed by atoms with Crippen LogP contribution >= 0.6 is 0 Å². The maximum atomic E-state index is 12.0. The van der Waals surface area contributed by atoms with Gasteiger partial charge in [-0.25, -0.2) is 0 Å². The number of carbonyl (C=O) groups excluding carboxylic acids is 1. The Kier molecular flexibility index (Phi) is 22.2. The van der Waals surface area contributed by atoms with Crippen LogP contribution in [0.2, 0.25) is 0 Å². The van der Waals surface area contributed by atoms with Gasteiger partial charge in [-0.2, -0.15) is 0 Å². The third kappa shape index (κ3) is 20.3. The maximum Gasteiger partial charge on any atom is 0.220 e. The van der Waals surface area contributed by atoms with Crippen molar-refractivity contribution in [3.05, 3.63) is 36.5 Å². The lowest BCUT2D eigenvalue weighted by Crippen LogP contribution is -2.45. The first-order valence-electron chi connectivity index (χ1n) is 12.7. The third-order valence-electron chi connectivity index (χ3n) is 5.35. The molecular formula is C27H49NO3. The smallest absolute Gasteiger partial charge is 0.220 e. The zero-order valence-electron chi connectivity index (χ0n) is 20.2. The summed E-state index contributed by atoms with van der Waals surface area (Å²) in [7, 11) is 0. The molecule has 180 valence electrons. The molecule has 0 spiro atoms. The Morgan fingerprint density at radius 1 is 0.742 bits per heavy atom. The van der Waals surface area contributed by atoms with Gasteiger partial charge in [0.2, 0.25) is 5.91 Å². The first-order chi connectivity index (χ1) is 15.2. The summed E-state index contributed by atoms with van der Waals surface area (Å²) in [6.45, 7) is 4.14. The summed E-state index contributed by atoms with van der Waals surface area (Å²) in [5.74, 6) is -0.0964. The van der Waals surface area contributed by atoms with E-state index in [0.29, 0.717) is 6.42 Å². The van der Waals surface area contributed by atoms with Crippen LogP contribution in [-0.2, 0) is 4.79 Å². The molecule has 2 atom stereocenters. The summed E-state index contributed by atoms with van der Waals surface area (Å²) >= 11 is 0. The maximum absolute atomic E-state index is 12.0. The van der Waals surface area contributed by atoms with E-state index in [1.807, 2.05) is 6.08 Å². The monoisotopic (exact) mass is 435 g/mol. The van der Waals surface area contributed by atoms with E-state index in [4.69, 9.17) is 0 Å². The second-order valence-corrected chi connectivity index (χ2v) is 8.39. The summed E-state index contributed by atoms with van der Waals surface area (Å²) in [6.07, 6.45) is 28.0. The Balaban J connectivity index is 3.84. The molecule has 0 saturated carbocycles. The zero-order chi connectivity index (χ0) is 23.0. The minimum Gasteiger partial charge on any atom is -0.394 e. The second-order valence-electron chi connectivity index (χ2n) is 8.39. The number of allylic oxidation sites excluding steroid dienone is 5. The van der Waals surface area contributed by atoms with E-state index in [1.165, 1.54) is 44.9 Å². The van der Waals surface area contributed by atoms with Crippen molar-refractivity contribution in [1.29, 1.82) is 0 Å². The van der Waals surface area contributed by atoms with Crippen molar-refractivity contribution in [2.75, 3.05) is 6.61 Å². The van der Waals surface area contributed by atoms with Crippen molar-refractivity contribution in [3.8, 4) is 0 Å². The predicted octanol–water partition coefficient (Wildman–Crippen LogP) is 6.38. The molecule has 0 aromatic heterocycles. The molecule has 0 aliphatic rings. The van der Waals surface area contributed by atoms with Crippen LogP contribution in [-0.4, -0.2) is 34.9 Å². The highest BCUT2D eigenvalue weighted by Crippen LogP contribution is 2.07. The van der Waals surface area contributed by atoms with Gasteiger partial charge in [-0.15, -0.1) is 0 Å². The van der Waals surface area contributed by atoms with Crippen LogP contribution in [0.3, 0.4) is 0 Å². The van der Waals surface area contributed by atoms with Gasteiger partial charge in [-0.3, -0.25) is 4.79 Å². The van der Waals surface area contributed by atoms with Crippen LogP contribution in [0.1, 0.15) is 110 Å². The van der Waals surface area contributed by atoms with Crippen LogP contribution in [0, 0.1) is 0 Å². The van der Waals surface area contributed by atoms with Gasteiger partial charge in [0, 0.05) is 6.42 Å². The van der Waals surface area contributed by atoms with E-state index in [2.05, 4.69) is 43.5 Å². The molecule has 31 heavy (non-hydrogen) atoms. The first-order valence-corrected chi connectivity index (χ1v) is 12.7. The number of carbonyl (C=O) groups is 1. The van der Waals surface area contributed by atoms with Gasteiger partial charge in [0.15, 0.2) is 0 Å². The van der Waals surface area contributed by atoms with Gasteiger partial charge in [0.25, 0.3) is 0 Å². The average Bonchev–Trinajstić information content (AvgIpc) is 2.77. The van der Waals surface area contributed by atoms with Crippen molar-refractivity contribution < 1.29 is 15.0 Å². The molecule has 4 nitrogen and oxygen atoms in total. The van der Waals surface area contributed by atoms with E-state index in [9.17, 15) is 15.0 Å². The van der Waals surface area contributed by atoms with E-state index in [1.54, 1.807) is 6.08 Å². The number of aliphatic hydroxyl groups is 2. The number of amides is 1. The Labute approximate surface area is 191 Å². The lowest BCUT2D eigenvalue weighted by molar-refractivity contribution is -0.123. The SMILES string of the molecule is CCCCCC/C=C/CC/C=C/CC/C=C/C(O)C(CO)NC(=O)CCCCCCC. The van der Waals surface area contributed by atoms with Crippen LogP contribution in [0.5, 0.6) is 0 Å². The summed E-state index contributed by atoms with van der Waals surface area (Å²) in [6, 6.07) is -0.635. The molecular weight excluding hydrogens is 386 g/mol. The van der Waals surface area contributed by atoms with Gasteiger partial charge >= 0.3 is 0 Å². The lowest BCUT2D eigenvalue weighted by atomic mass is 10.1. The number of rotatable bonds is 21. The molecule has 4 heteroatoms. The Bertz CT molecular complexity index is 485. The molecule has 1 amide bonds. The Morgan fingerprint density at radius 2 is 1.26 bits per heavy atom. The van der Waals surface area contributed by atoms with Crippen molar-refractivity contribution in [2.24, 2.45) is 0 Å². The lowest BCUT2D eigenvalue weighted by Gasteiger charge is -2.19. The van der Waals surface area contributed by atoms with Crippen molar-refractivity contribution >= 4 is 5.91 Å². The number of hydrogen-bond acceptors (Lipinski definition) is 3. The number of nitrogens with one attached hydrogen (secondary N) is 1. The Morgan fingerprint density at radius 3 is 1.84 bits per heavy atom. The van der Waals surface area contributed by atoms with E-state index in [-0.39, 0.29) is 12.5 Å². The fourth-order valence-electron chi connectivity index (χ4n) is 3.32. The fraction of sp³-hybridized carbons (Fsp3) is 0.741. The fourth-order valence-corrected chi connectivity index (χ4v) is 3.32. The number of unbranched alkanes of at least 4 members (excludes halogenated alkanes) is 10. The van der Waals surface area contributed by atoms with Crippen molar-refractivity contribution in [1.82, 2.24) is 5.32 Å². The quantitative estimate of drug-likeness (QED) is 0.145. The zero-order valence-corrected chi connectivity index (χ0v) is 20.2. The average molecular weight is 436 g/mol. The largest absolute Gasteiger partial charge is 0.394 e. The molecule has 0 fully saturated rings. The molecule has 0 aromatic carbocycles. The molecule has 0 heterocycles. The van der Waals surface area contributed by atoms with E-state index >= 15 is 0 Å². The summed E-state index contributed by atoms with van der Waals surface area (Å²) in [5.41, 5.74) is 0. The van der Waals surface area contributed by atoms with Crippen LogP contribution in [0.25, 0.3) is 0 Å². The van der Waals surface area contributed by atoms with Gasteiger partial charge in [0.1, 0.15) is 0 Å². The first kappa shape index (κ1) is 29.6. The molecule has 0 aliphatic heterocycles. The molecule has 2 unspecified atom stereocenters. The van der Waals surface area contributed by atoms with Crippen LogP contribution in [0.4, 0.5) is 0 Å². The van der Waals surface area contributed by atoms with E-state index in [0.717, 1.165) is 44.9 Å². The summed E-state index contributed by atoms with van der Waals surface area (Å²) in [4.78, 5) is 12.0. The van der Waals surface area contributed by atoms with Crippen molar-refractivity contribution in [3.63, 3.8) is 0 Å². The molecule has 3 N–H and O–H groups in total. The molecule has 0 aromatic rings. The second kappa shape index (κ2) is 23.3. The highest BCUT2D eigenvalue weighted by molar-refractivity contribution is 5.76. The predicted molar refractivity (Wildman–Crippen MR) is 133 cm³/mol. The molecule has 0 aliphatic carbocycles. The topological polar surface area (TPSA) is 69.6 Å². The van der Waals surface area contributed by atoms with Crippen molar-refractivity contribution in [2.45, 2.75) is 122 Å². The minimum atomic E-state index is -0.861. The number of hydrogen-bond donors (Lipinski definition) is 3. The summed E-state index contributed by atoms with van der Waals surface area (Å²) < 4.78 is 0. The summed E-state index contributed by atoms with van der Waals surface area (Å²) in [5, 5.41) is 22.4. The van der Waals surface area contributed by atoms with Crippen LogP contribution in [0.15, 0.2) is 36.5 Å². The molecule has 0 radical (unpaired) electrons.